The second-order valence-electron chi connectivity index (χ2n) is 4.25. The van der Waals surface area contributed by atoms with Crippen molar-refractivity contribution in [1.82, 2.24) is 9.97 Å². The van der Waals surface area contributed by atoms with Crippen LogP contribution in [-0.2, 0) is 4.79 Å². The molecular formula is C10H17N5O. The fourth-order valence-corrected chi connectivity index (χ4v) is 1.02. The fourth-order valence-electron chi connectivity index (χ4n) is 1.02. The number of anilines is 2. The summed E-state index contributed by atoms with van der Waals surface area (Å²) >= 11 is 0. The van der Waals surface area contributed by atoms with Crippen molar-refractivity contribution >= 4 is 17.7 Å². The molecular weight excluding hydrogens is 206 g/mol. The molecule has 1 aromatic heterocycles. The first-order valence-electron chi connectivity index (χ1n) is 4.91. The molecule has 0 unspecified atom stereocenters. The first-order chi connectivity index (χ1) is 7.33. The van der Waals surface area contributed by atoms with Gasteiger partial charge in [0.1, 0.15) is 11.4 Å². The third kappa shape index (κ3) is 2.82. The number of carbonyl (C=O) groups excluding carboxylic acids is 1. The molecule has 6 heteroatoms. The van der Waals surface area contributed by atoms with Crippen LogP contribution in [0.2, 0.25) is 0 Å². The monoisotopic (exact) mass is 223 g/mol. The zero-order valence-electron chi connectivity index (χ0n) is 9.98. The Kier molecular flexibility index (Phi) is 3.31. The van der Waals surface area contributed by atoms with Crippen molar-refractivity contribution in [2.45, 2.75) is 19.4 Å². The Labute approximate surface area is 94.9 Å². The molecule has 0 saturated heterocycles. The van der Waals surface area contributed by atoms with E-state index in [1.807, 2.05) is 14.1 Å². The number of aromatic nitrogens is 2. The van der Waals surface area contributed by atoms with E-state index in [9.17, 15) is 4.79 Å². The molecule has 6 nitrogen and oxygen atoms in total. The molecule has 0 atom stereocenters. The van der Waals surface area contributed by atoms with Gasteiger partial charge in [-0.2, -0.15) is 4.98 Å². The van der Waals surface area contributed by atoms with Gasteiger partial charge in [0, 0.05) is 20.3 Å². The van der Waals surface area contributed by atoms with E-state index in [2.05, 4.69) is 15.3 Å². The van der Waals surface area contributed by atoms with Gasteiger partial charge in [-0.25, -0.2) is 4.98 Å². The molecule has 1 amide bonds. The Hall–Kier alpha value is -1.85. The largest absolute Gasteiger partial charge is 0.368 e. The minimum absolute atomic E-state index is 0.433. The maximum Gasteiger partial charge on any atom is 0.242 e. The summed E-state index contributed by atoms with van der Waals surface area (Å²) < 4.78 is 0. The third-order valence-corrected chi connectivity index (χ3v) is 2.10. The summed E-state index contributed by atoms with van der Waals surface area (Å²) in [6.07, 6.45) is 1.63. The molecule has 0 bridgehead atoms. The third-order valence-electron chi connectivity index (χ3n) is 2.10. The molecule has 0 spiro atoms. The van der Waals surface area contributed by atoms with Gasteiger partial charge in [-0.3, -0.25) is 4.79 Å². The Balaban J connectivity index is 2.90. The highest BCUT2D eigenvalue weighted by Gasteiger charge is 2.24. The van der Waals surface area contributed by atoms with E-state index in [1.54, 1.807) is 31.0 Å². The molecule has 0 fully saturated rings. The lowest BCUT2D eigenvalue weighted by atomic mass is 10.1. The average molecular weight is 223 g/mol. The molecule has 88 valence electrons. The zero-order chi connectivity index (χ0) is 12.3. The van der Waals surface area contributed by atoms with Gasteiger partial charge in [0.2, 0.25) is 11.9 Å². The Morgan fingerprint density at radius 2 is 2.12 bits per heavy atom. The first kappa shape index (κ1) is 12.2. The number of carbonyl (C=O) groups is 1. The summed E-state index contributed by atoms with van der Waals surface area (Å²) in [6.45, 7) is 3.40. The average Bonchev–Trinajstić information content (AvgIpc) is 2.17. The highest BCUT2D eigenvalue weighted by Crippen LogP contribution is 2.14. The molecule has 0 aliphatic rings. The smallest absolute Gasteiger partial charge is 0.242 e. The number of nitrogens with zero attached hydrogens (tertiary/aromatic N) is 3. The van der Waals surface area contributed by atoms with E-state index in [1.165, 1.54) is 0 Å². The Morgan fingerprint density at radius 1 is 1.50 bits per heavy atom. The van der Waals surface area contributed by atoms with Gasteiger partial charge in [-0.05, 0) is 19.9 Å². The van der Waals surface area contributed by atoms with Crippen molar-refractivity contribution in [3.63, 3.8) is 0 Å². The van der Waals surface area contributed by atoms with Gasteiger partial charge in [-0.15, -0.1) is 0 Å². The maximum atomic E-state index is 11.2. The quantitative estimate of drug-likeness (QED) is 0.762. The minimum Gasteiger partial charge on any atom is -0.368 e. The summed E-state index contributed by atoms with van der Waals surface area (Å²) in [7, 11) is 3.69. The van der Waals surface area contributed by atoms with Gasteiger partial charge < -0.3 is 16.0 Å². The highest BCUT2D eigenvalue weighted by atomic mass is 16.1. The SMILES string of the molecule is CN(C)c1nccc(NC(C)(C)C(N)=O)n1. The van der Waals surface area contributed by atoms with Crippen molar-refractivity contribution in [2.24, 2.45) is 5.73 Å². The van der Waals surface area contributed by atoms with Crippen LogP contribution in [0.5, 0.6) is 0 Å². The molecule has 0 saturated carbocycles. The van der Waals surface area contributed by atoms with Gasteiger partial charge in [0.15, 0.2) is 0 Å². The number of amides is 1. The van der Waals surface area contributed by atoms with Crippen LogP contribution in [0.15, 0.2) is 12.3 Å². The van der Waals surface area contributed by atoms with Crippen LogP contribution in [0, 0.1) is 0 Å². The molecule has 16 heavy (non-hydrogen) atoms. The lowest BCUT2D eigenvalue weighted by Gasteiger charge is -2.23. The van der Waals surface area contributed by atoms with Crippen LogP contribution in [0.4, 0.5) is 11.8 Å². The van der Waals surface area contributed by atoms with E-state index in [4.69, 9.17) is 5.73 Å². The predicted octanol–water partition coefficient (Wildman–Crippen LogP) is 0.218. The van der Waals surface area contributed by atoms with Crippen LogP contribution in [0.1, 0.15) is 13.8 Å². The molecule has 1 rings (SSSR count). The van der Waals surface area contributed by atoms with Crippen molar-refractivity contribution in [1.29, 1.82) is 0 Å². The van der Waals surface area contributed by atoms with Gasteiger partial charge >= 0.3 is 0 Å². The fraction of sp³-hybridized carbons (Fsp3) is 0.500. The maximum absolute atomic E-state index is 11.2. The molecule has 1 aromatic rings. The lowest BCUT2D eigenvalue weighted by molar-refractivity contribution is -0.121. The molecule has 1 heterocycles. The number of hydrogen-bond acceptors (Lipinski definition) is 5. The normalized spacial score (nSPS) is 11.0. The summed E-state index contributed by atoms with van der Waals surface area (Å²) in [5.74, 6) is 0.713. The standard InChI is InChI=1S/C10H17N5O/c1-10(2,8(11)16)14-7-5-6-12-9(13-7)15(3)4/h5-6H,1-4H3,(H2,11,16)(H,12,13,14). The van der Waals surface area contributed by atoms with E-state index in [0.29, 0.717) is 11.8 Å². The van der Waals surface area contributed by atoms with Crippen LogP contribution in [0.25, 0.3) is 0 Å². The molecule has 0 aliphatic heterocycles. The molecule has 3 N–H and O–H groups in total. The van der Waals surface area contributed by atoms with Gasteiger partial charge in [0.25, 0.3) is 0 Å². The molecule has 0 aromatic carbocycles. The van der Waals surface area contributed by atoms with Crippen molar-refractivity contribution in [3.05, 3.63) is 12.3 Å². The van der Waals surface area contributed by atoms with E-state index in [-0.39, 0.29) is 0 Å². The Bertz CT molecular complexity index is 389. The first-order valence-corrected chi connectivity index (χ1v) is 4.91. The van der Waals surface area contributed by atoms with E-state index >= 15 is 0 Å². The number of nitrogens with one attached hydrogen (secondary N) is 1. The number of nitrogens with two attached hydrogens (primary N) is 1. The van der Waals surface area contributed by atoms with E-state index < -0.39 is 11.4 Å². The number of hydrogen-bond donors (Lipinski definition) is 2. The van der Waals surface area contributed by atoms with Gasteiger partial charge in [0.05, 0.1) is 0 Å². The van der Waals surface area contributed by atoms with Crippen molar-refractivity contribution in [3.8, 4) is 0 Å². The van der Waals surface area contributed by atoms with Crippen molar-refractivity contribution < 1.29 is 4.79 Å². The van der Waals surface area contributed by atoms with Crippen LogP contribution in [-0.4, -0.2) is 35.5 Å². The zero-order valence-corrected chi connectivity index (χ0v) is 9.98. The summed E-state index contributed by atoms with van der Waals surface area (Å²) in [4.78, 5) is 21.2. The van der Waals surface area contributed by atoms with E-state index in [0.717, 1.165) is 0 Å². The second kappa shape index (κ2) is 4.34. The topological polar surface area (TPSA) is 84.1 Å². The van der Waals surface area contributed by atoms with Crippen LogP contribution >= 0.6 is 0 Å². The molecule has 0 aliphatic carbocycles. The lowest BCUT2D eigenvalue weighted by Crippen LogP contribution is -2.45. The van der Waals surface area contributed by atoms with Gasteiger partial charge in [-0.1, -0.05) is 0 Å². The Morgan fingerprint density at radius 3 is 2.62 bits per heavy atom. The summed E-state index contributed by atoms with van der Waals surface area (Å²) in [5, 5.41) is 2.96. The van der Waals surface area contributed by atoms with Crippen LogP contribution in [0.3, 0.4) is 0 Å². The summed E-state index contributed by atoms with van der Waals surface area (Å²) in [5.41, 5.74) is 4.43. The highest BCUT2D eigenvalue weighted by molar-refractivity contribution is 5.86. The van der Waals surface area contributed by atoms with Crippen LogP contribution < -0.4 is 16.0 Å². The minimum atomic E-state index is -0.835. The second-order valence-corrected chi connectivity index (χ2v) is 4.25. The predicted molar refractivity (Wildman–Crippen MR) is 63.3 cm³/mol. The van der Waals surface area contributed by atoms with Crippen molar-refractivity contribution in [2.75, 3.05) is 24.3 Å². The number of rotatable bonds is 4. The number of primary amides is 1. The summed E-state index contributed by atoms with van der Waals surface area (Å²) in [6, 6.07) is 1.69. The molecule has 0 radical (unpaired) electrons.